The van der Waals surface area contributed by atoms with Crippen LogP contribution in [0.1, 0.15) is 42.5 Å². The van der Waals surface area contributed by atoms with E-state index in [4.69, 9.17) is 4.52 Å². The highest BCUT2D eigenvalue weighted by atomic mass is 32.2. The Hall–Kier alpha value is -3.34. The molecule has 0 radical (unpaired) electrons. The summed E-state index contributed by atoms with van der Waals surface area (Å²) >= 11 is 0. The lowest BCUT2D eigenvalue weighted by Gasteiger charge is -2.12. The predicted octanol–water partition coefficient (Wildman–Crippen LogP) is 5.04. The molecule has 0 unspecified atom stereocenters. The second kappa shape index (κ2) is 8.30. The van der Waals surface area contributed by atoms with Crippen LogP contribution < -0.4 is 10.0 Å². The molecular formula is C21H20F3N3O4S. The summed E-state index contributed by atoms with van der Waals surface area (Å²) in [5, 5.41) is 6.34. The molecule has 7 nitrogen and oxygen atoms in total. The van der Waals surface area contributed by atoms with E-state index >= 15 is 0 Å². The second-order valence-electron chi connectivity index (χ2n) is 7.99. The second-order valence-corrected chi connectivity index (χ2v) is 9.67. The Labute approximate surface area is 182 Å². The van der Waals surface area contributed by atoms with Gasteiger partial charge in [-0.25, -0.2) is 8.42 Å². The highest BCUT2D eigenvalue weighted by molar-refractivity contribution is 7.92. The number of nitrogens with zero attached hydrogens (tertiary/aromatic N) is 1. The van der Waals surface area contributed by atoms with Gasteiger partial charge in [0.1, 0.15) is 5.76 Å². The Kier molecular flexibility index (Phi) is 6.05. The third-order valence-corrected chi connectivity index (χ3v) is 5.76. The van der Waals surface area contributed by atoms with Gasteiger partial charge in [-0.05, 0) is 42.5 Å². The first-order valence-electron chi connectivity index (χ1n) is 9.34. The van der Waals surface area contributed by atoms with Gasteiger partial charge in [0, 0.05) is 22.7 Å². The molecule has 1 aromatic heterocycles. The maximum Gasteiger partial charge on any atom is 0.416 e. The van der Waals surface area contributed by atoms with E-state index in [1.54, 1.807) is 6.07 Å². The van der Waals surface area contributed by atoms with Gasteiger partial charge in [-0.1, -0.05) is 32.0 Å². The number of alkyl halides is 3. The molecule has 0 aliphatic rings. The first-order chi connectivity index (χ1) is 14.8. The minimum absolute atomic E-state index is 0.156. The molecule has 0 bridgehead atoms. The molecular weight excluding hydrogens is 447 g/mol. The third-order valence-electron chi connectivity index (χ3n) is 4.36. The zero-order valence-corrected chi connectivity index (χ0v) is 18.1. The number of sulfonamides is 1. The summed E-state index contributed by atoms with van der Waals surface area (Å²) in [5.74, 6) is 0.256. The Morgan fingerprint density at radius 3 is 2.22 bits per heavy atom. The lowest BCUT2D eigenvalue weighted by molar-refractivity contribution is -0.137. The number of halogens is 3. The van der Waals surface area contributed by atoms with E-state index in [1.807, 2.05) is 20.8 Å². The van der Waals surface area contributed by atoms with Crippen molar-refractivity contribution >= 4 is 27.4 Å². The highest BCUT2D eigenvalue weighted by Crippen LogP contribution is 2.31. The molecule has 3 rings (SSSR count). The topological polar surface area (TPSA) is 101 Å². The van der Waals surface area contributed by atoms with Crippen LogP contribution in [-0.4, -0.2) is 19.5 Å². The maximum absolute atomic E-state index is 12.8. The summed E-state index contributed by atoms with van der Waals surface area (Å²) in [7, 11) is -4.17. The van der Waals surface area contributed by atoms with Crippen molar-refractivity contribution in [1.29, 1.82) is 0 Å². The van der Waals surface area contributed by atoms with Crippen LogP contribution in [0.15, 0.2) is 64.0 Å². The van der Waals surface area contributed by atoms with Crippen molar-refractivity contribution in [2.24, 2.45) is 0 Å². The van der Waals surface area contributed by atoms with Crippen molar-refractivity contribution in [3.05, 3.63) is 71.5 Å². The zero-order chi connectivity index (χ0) is 23.7. The lowest BCUT2D eigenvalue weighted by atomic mass is 9.93. The van der Waals surface area contributed by atoms with Gasteiger partial charge < -0.3 is 9.84 Å². The van der Waals surface area contributed by atoms with E-state index in [9.17, 15) is 26.4 Å². The summed E-state index contributed by atoms with van der Waals surface area (Å²) < 4.78 is 70.8. The number of hydrogen-bond donors (Lipinski definition) is 2. The third kappa shape index (κ3) is 5.47. The molecule has 2 N–H and O–H groups in total. The number of hydrogen-bond acceptors (Lipinski definition) is 5. The van der Waals surface area contributed by atoms with Crippen LogP contribution in [0.2, 0.25) is 0 Å². The van der Waals surface area contributed by atoms with Crippen LogP contribution >= 0.6 is 0 Å². The van der Waals surface area contributed by atoms with Crippen molar-refractivity contribution < 1.29 is 30.9 Å². The minimum Gasteiger partial charge on any atom is -0.359 e. The van der Waals surface area contributed by atoms with Crippen LogP contribution in [0.5, 0.6) is 0 Å². The molecule has 0 spiro atoms. The van der Waals surface area contributed by atoms with E-state index in [2.05, 4.69) is 15.2 Å². The van der Waals surface area contributed by atoms with Gasteiger partial charge in [-0.15, -0.1) is 0 Å². The van der Waals surface area contributed by atoms with Gasteiger partial charge >= 0.3 is 6.18 Å². The molecule has 0 atom stereocenters. The molecule has 0 saturated carbocycles. The molecule has 32 heavy (non-hydrogen) atoms. The molecule has 0 aliphatic carbocycles. The molecule has 3 aromatic rings. The number of anilines is 2. The fraction of sp³-hybridized carbons (Fsp3) is 0.238. The normalized spacial score (nSPS) is 12.4. The van der Waals surface area contributed by atoms with Gasteiger partial charge in [0.25, 0.3) is 15.9 Å². The number of amides is 1. The van der Waals surface area contributed by atoms with Crippen LogP contribution in [0, 0.1) is 0 Å². The maximum atomic E-state index is 12.8. The standard InChI is InChI=1S/C21H20F3N3O4S/c1-20(2,3)17-12-18(26-31-17)25-19(28)13-7-9-16(10-8-13)32(29,30)27-15-6-4-5-14(11-15)21(22,23)24/h4-12,27H,1-3H3,(H,25,26,28). The summed E-state index contributed by atoms with van der Waals surface area (Å²) in [5.41, 5.74) is -1.35. The highest BCUT2D eigenvalue weighted by Gasteiger charge is 2.30. The summed E-state index contributed by atoms with van der Waals surface area (Å²) in [6, 6.07) is 10.3. The number of carbonyl (C=O) groups excluding carboxylic acids is 1. The van der Waals surface area contributed by atoms with Crippen molar-refractivity contribution in [2.75, 3.05) is 10.0 Å². The molecule has 2 aromatic carbocycles. The van der Waals surface area contributed by atoms with E-state index in [1.165, 1.54) is 30.3 Å². The van der Waals surface area contributed by atoms with Crippen LogP contribution in [-0.2, 0) is 21.6 Å². The fourth-order valence-corrected chi connectivity index (χ4v) is 3.68. The summed E-state index contributed by atoms with van der Waals surface area (Å²) in [6.07, 6.45) is -4.60. The first-order valence-corrected chi connectivity index (χ1v) is 10.8. The molecule has 1 heterocycles. The van der Waals surface area contributed by atoms with Crippen LogP contribution in [0.25, 0.3) is 0 Å². The fourth-order valence-electron chi connectivity index (χ4n) is 2.63. The van der Waals surface area contributed by atoms with Gasteiger partial charge in [0.05, 0.1) is 10.5 Å². The van der Waals surface area contributed by atoms with Gasteiger partial charge in [0.2, 0.25) is 0 Å². The van der Waals surface area contributed by atoms with Crippen LogP contribution in [0.3, 0.4) is 0 Å². The molecule has 1 amide bonds. The number of rotatable bonds is 5. The quantitative estimate of drug-likeness (QED) is 0.547. The largest absolute Gasteiger partial charge is 0.416 e. The SMILES string of the molecule is CC(C)(C)c1cc(NC(=O)c2ccc(S(=O)(=O)Nc3cccc(C(F)(F)F)c3)cc2)no1. The zero-order valence-electron chi connectivity index (χ0n) is 17.3. The summed E-state index contributed by atoms with van der Waals surface area (Å²) in [6.45, 7) is 5.77. The Bertz CT molecular complexity index is 1230. The van der Waals surface area contributed by atoms with Gasteiger partial charge in [-0.2, -0.15) is 13.2 Å². The number of carbonyl (C=O) groups is 1. The number of benzene rings is 2. The van der Waals surface area contributed by atoms with Crippen molar-refractivity contribution in [3.8, 4) is 0 Å². The minimum atomic E-state index is -4.60. The molecule has 11 heteroatoms. The molecule has 0 aliphatic heterocycles. The monoisotopic (exact) mass is 467 g/mol. The van der Waals surface area contributed by atoms with E-state index in [0.717, 1.165) is 12.1 Å². The number of nitrogens with one attached hydrogen (secondary N) is 2. The first kappa shape index (κ1) is 23.3. The van der Waals surface area contributed by atoms with Gasteiger partial charge in [-0.3, -0.25) is 9.52 Å². The van der Waals surface area contributed by atoms with E-state index in [-0.39, 0.29) is 27.4 Å². The predicted molar refractivity (Wildman–Crippen MR) is 112 cm³/mol. The van der Waals surface area contributed by atoms with Crippen molar-refractivity contribution in [2.45, 2.75) is 37.3 Å². The molecule has 170 valence electrons. The Morgan fingerprint density at radius 1 is 1.00 bits per heavy atom. The average Bonchev–Trinajstić information content (AvgIpc) is 3.16. The Balaban J connectivity index is 1.73. The van der Waals surface area contributed by atoms with E-state index in [0.29, 0.717) is 11.8 Å². The van der Waals surface area contributed by atoms with Crippen molar-refractivity contribution in [3.63, 3.8) is 0 Å². The van der Waals surface area contributed by atoms with Crippen LogP contribution in [0.4, 0.5) is 24.7 Å². The van der Waals surface area contributed by atoms with Crippen molar-refractivity contribution in [1.82, 2.24) is 5.16 Å². The molecule has 0 fully saturated rings. The average molecular weight is 467 g/mol. The lowest BCUT2D eigenvalue weighted by Crippen LogP contribution is -2.15. The number of aromatic nitrogens is 1. The van der Waals surface area contributed by atoms with Gasteiger partial charge in [0.15, 0.2) is 5.82 Å². The Morgan fingerprint density at radius 2 is 1.66 bits per heavy atom. The smallest absolute Gasteiger partial charge is 0.359 e. The summed E-state index contributed by atoms with van der Waals surface area (Å²) in [4.78, 5) is 12.2. The molecule has 0 saturated heterocycles. The van der Waals surface area contributed by atoms with E-state index < -0.39 is 27.7 Å².